The third-order valence-corrected chi connectivity index (χ3v) is 4.71. The van der Waals surface area contributed by atoms with Crippen molar-refractivity contribution < 1.29 is 12.8 Å². The van der Waals surface area contributed by atoms with E-state index in [1.54, 1.807) is 12.1 Å². The molecule has 2 rings (SSSR count). The Balaban J connectivity index is 2.30. The molecule has 2 N–H and O–H groups in total. The topological polar surface area (TPSA) is 76.3 Å². The van der Waals surface area contributed by atoms with E-state index in [4.69, 9.17) is 5.73 Å². The van der Waals surface area contributed by atoms with Crippen LogP contribution in [0.15, 0.2) is 41.3 Å². The Hall–Kier alpha value is -1.99. The smallest absolute Gasteiger partial charge is 0.243 e. The van der Waals surface area contributed by atoms with Gasteiger partial charge in [0.1, 0.15) is 5.82 Å². The van der Waals surface area contributed by atoms with Crippen LogP contribution in [0.4, 0.5) is 10.1 Å². The Kier molecular flexibility index (Phi) is 4.24. The van der Waals surface area contributed by atoms with E-state index in [0.29, 0.717) is 5.69 Å². The Morgan fingerprint density at radius 3 is 2.62 bits per heavy atom. The zero-order chi connectivity index (χ0) is 15.6. The number of aryl methyl sites for hydroxylation is 1. The molecule has 0 aliphatic heterocycles. The predicted molar refractivity (Wildman–Crippen MR) is 78.4 cm³/mol. The number of anilines is 1. The largest absolute Gasteiger partial charge is 0.399 e. The first-order valence-electron chi connectivity index (χ1n) is 6.24. The average Bonchev–Trinajstić information content (AvgIpc) is 2.37. The van der Waals surface area contributed by atoms with Gasteiger partial charge in [-0.2, -0.15) is 4.31 Å². The summed E-state index contributed by atoms with van der Waals surface area (Å²) in [5.41, 5.74) is 6.97. The maximum atomic E-state index is 13.3. The van der Waals surface area contributed by atoms with E-state index in [0.717, 1.165) is 22.1 Å². The Labute approximate surface area is 123 Å². The minimum Gasteiger partial charge on any atom is -0.399 e. The maximum absolute atomic E-state index is 13.3. The van der Waals surface area contributed by atoms with Crippen LogP contribution in [0.25, 0.3) is 0 Å². The van der Waals surface area contributed by atoms with Gasteiger partial charge < -0.3 is 5.73 Å². The first-order valence-corrected chi connectivity index (χ1v) is 7.68. The van der Waals surface area contributed by atoms with Crippen LogP contribution in [0, 0.1) is 12.7 Å². The fourth-order valence-corrected chi connectivity index (χ4v) is 3.12. The highest BCUT2D eigenvalue weighted by Gasteiger charge is 2.22. The summed E-state index contributed by atoms with van der Waals surface area (Å²) in [6.45, 7) is 1.92. The molecule has 1 aromatic carbocycles. The molecule has 21 heavy (non-hydrogen) atoms. The van der Waals surface area contributed by atoms with E-state index >= 15 is 0 Å². The lowest BCUT2D eigenvalue weighted by Gasteiger charge is -2.17. The number of sulfonamides is 1. The number of nitrogen functional groups attached to an aromatic ring is 1. The summed E-state index contributed by atoms with van der Waals surface area (Å²) in [5, 5.41) is 0. The van der Waals surface area contributed by atoms with E-state index < -0.39 is 15.8 Å². The Bertz CT molecular complexity index is 742. The number of rotatable bonds is 4. The third-order valence-electron chi connectivity index (χ3n) is 2.93. The van der Waals surface area contributed by atoms with Crippen molar-refractivity contribution in [3.63, 3.8) is 0 Å². The van der Waals surface area contributed by atoms with Crippen molar-refractivity contribution >= 4 is 15.7 Å². The number of pyridine rings is 1. The number of hydrogen-bond donors (Lipinski definition) is 1. The van der Waals surface area contributed by atoms with Crippen LogP contribution in [-0.4, -0.2) is 24.8 Å². The molecule has 0 saturated heterocycles. The van der Waals surface area contributed by atoms with Gasteiger partial charge in [0.15, 0.2) is 0 Å². The van der Waals surface area contributed by atoms with Gasteiger partial charge >= 0.3 is 0 Å². The van der Waals surface area contributed by atoms with Crippen LogP contribution < -0.4 is 5.73 Å². The van der Waals surface area contributed by atoms with Gasteiger partial charge in [0.05, 0.1) is 17.1 Å². The van der Waals surface area contributed by atoms with Gasteiger partial charge in [-0.3, -0.25) is 4.98 Å². The quantitative estimate of drug-likeness (QED) is 0.876. The van der Waals surface area contributed by atoms with Crippen molar-refractivity contribution in [3.05, 3.63) is 53.6 Å². The molecule has 0 aliphatic rings. The molecular weight excluding hydrogens is 293 g/mol. The molecule has 112 valence electrons. The van der Waals surface area contributed by atoms with Gasteiger partial charge in [0.2, 0.25) is 10.0 Å². The molecule has 1 heterocycles. The lowest BCUT2D eigenvalue weighted by molar-refractivity contribution is 0.461. The number of nitrogens with two attached hydrogens (primary N) is 1. The maximum Gasteiger partial charge on any atom is 0.243 e. The van der Waals surface area contributed by atoms with Crippen LogP contribution in [0.3, 0.4) is 0 Å². The number of aromatic nitrogens is 1. The SMILES string of the molecule is Cc1cccc(CN(C)S(=O)(=O)c2cc(N)cc(F)c2)n1. The summed E-state index contributed by atoms with van der Waals surface area (Å²) in [7, 11) is -2.40. The molecule has 5 nitrogen and oxygen atoms in total. The van der Waals surface area contributed by atoms with Crippen LogP contribution >= 0.6 is 0 Å². The molecule has 0 atom stereocenters. The highest BCUT2D eigenvalue weighted by Crippen LogP contribution is 2.20. The molecule has 0 amide bonds. The number of hydrogen-bond acceptors (Lipinski definition) is 4. The molecular formula is C14H16FN3O2S. The third kappa shape index (κ3) is 3.56. The molecule has 0 fully saturated rings. The van der Waals surface area contributed by atoms with Gasteiger partial charge in [-0.1, -0.05) is 6.07 Å². The zero-order valence-corrected chi connectivity index (χ0v) is 12.6. The number of benzene rings is 1. The minimum absolute atomic E-state index is 0.0654. The van der Waals surface area contributed by atoms with Crippen LogP contribution in [0.1, 0.15) is 11.4 Å². The van der Waals surface area contributed by atoms with Gasteiger partial charge in [-0.05, 0) is 37.3 Å². The molecule has 7 heteroatoms. The fourth-order valence-electron chi connectivity index (χ4n) is 1.91. The first kappa shape index (κ1) is 15.4. The molecule has 1 aromatic heterocycles. The highest BCUT2D eigenvalue weighted by atomic mass is 32.2. The second-order valence-electron chi connectivity index (χ2n) is 4.75. The van der Waals surface area contributed by atoms with Crippen molar-refractivity contribution in [2.45, 2.75) is 18.4 Å². The zero-order valence-electron chi connectivity index (χ0n) is 11.7. The van der Waals surface area contributed by atoms with Crippen LogP contribution in [0.5, 0.6) is 0 Å². The summed E-state index contributed by atoms with van der Waals surface area (Å²) in [4.78, 5) is 4.08. The second kappa shape index (κ2) is 5.79. The minimum atomic E-state index is -3.82. The average molecular weight is 309 g/mol. The lowest BCUT2D eigenvalue weighted by atomic mass is 10.3. The fraction of sp³-hybridized carbons (Fsp3) is 0.214. The van der Waals surface area contributed by atoms with Gasteiger partial charge in [-0.15, -0.1) is 0 Å². The van der Waals surface area contributed by atoms with E-state index in [2.05, 4.69) is 4.98 Å². The van der Waals surface area contributed by atoms with Gasteiger partial charge in [0, 0.05) is 18.4 Å². The molecule has 0 radical (unpaired) electrons. The van der Waals surface area contributed by atoms with Gasteiger partial charge in [-0.25, -0.2) is 12.8 Å². The van der Waals surface area contributed by atoms with E-state index in [-0.39, 0.29) is 17.1 Å². The van der Waals surface area contributed by atoms with Crippen molar-refractivity contribution in [2.75, 3.05) is 12.8 Å². The van der Waals surface area contributed by atoms with Crippen LogP contribution in [-0.2, 0) is 16.6 Å². The predicted octanol–water partition coefficient (Wildman–Crippen LogP) is 1.93. The molecule has 0 spiro atoms. The highest BCUT2D eigenvalue weighted by molar-refractivity contribution is 7.89. The monoisotopic (exact) mass is 309 g/mol. The molecule has 2 aromatic rings. The first-order chi connectivity index (χ1) is 9.79. The Morgan fingerprint density at radius 2 is 2.00 bits per heavy atom. The van der Waals surface area contributed by atoms with E-state index in [9.17, 15) is 12.8 Å². The number of nitrogens with zero attached hydrogens (tertiary/aromatic N) is 2. The summed E-state index contributed by atoms with van der Waals surface area (Å²) in [5.74, 6) is -0.685. The van der Waals surface area contributed by atoms with Crippen molar-refractivity contribution in [3.8, 4) is 0 Å². The van der Waals surface area contributed by atoms with Crippen LogP contribution in [0.2, 0.25) is 0 Å². The van der Waals surface area contributed by atoms with E-state index in [1.807, 2.05) is 13.0 Å². The molecule has 0 bridgehead atoms. The molecule has 0 aliphatic carbocycles. The Morgan fingerprint density at radius 1 is 1.29 bits per heavy atom. The summed E-state index contributed by atoms with van der Waals surface area (Å²) in [6, 6.07) is 8.62. The van der Waals surface area contributed by atoms with Crippen molar-refractivity contribution in [2.24, 2.45) is 0 Å². The standard InChI is InChI=1S/C14H16FN3O2S/c1-10-4-3-5-13(17-10)9-18(2)21(19,20)14-7-11(15)6-12(16)8-14/h3-8H,9,16H2,1-2H3. The second-order valence-corrected chi connectivity index (χ2v) is 6.80. The van der Waals surface area contributed by atoms with Crippen molar-refractivity contribution in [1.82, 2.24) is 9.29 Å². The van der Waals surface area contributed by atoms with E-state index in [1.165, 1.54) is 13.1 Å². The van der Waals surface area contributed by atoms with Gasteiger partial charge in [0.25, 0.3) is 0 Å². The molecule has 0 saturated carbocycles. The summed E-state index contributed by atoms with van der Waals surface area (Å²) >= 11 is 0. The summed E-state index contributed by atoms with van der Waals surface area (Å²) in [6.07, 6.45) is 0. The van der Waals surface area contributed by atoms with Crippen molar-refractivity contribution in [1.29, 1.82) is 0 Å². The number of halogens is 1. The summed E-state index contributed by atoms with van der Waals surface area (Å²) < 4.78 is 39.2. The lowest BCUT2D eigenvalue weighted by Crippen LogP contribution is -2.27. The normalized spacial score (nSPS) is 11.8. The molecule has 0 unspecified atom stereocenters.